The second-order valence-corrected chi connectivity index (χ2v) is 6.46. The number of benzene rings is 1. The molecule has 18 heavy (non-hydrogen) atoms. The number of carbonyl (C=O) groups excluding carboxylic acids is 1. The number of carbonyl (C=O) groups is 1. The highest BCUT2D eigenvalue weighted by Gasteiger charge is 2.10. The van der Waals surface area contributed by atoms with Crippen molar-refractivity contribution in [1.29, 1.82) is 0 Å². The minimum Gasteiger partial charge on any atom is -0.341 e. The third kappa shape index (κ3) is 3.68. The van der Waals surface area contributed by atoms with Crippen LogP contribution in [0.1, 0.15) is 11.1 Å². The molecule has 2 aromatic rings. The Morgan fingerprint density at radius 1 is 1.28 bits per heavy atom. The number of likely N-dealkylation sites (N-methyl/N-ethyl adjacent to an activating group) is 1. The van der Waals surface area contributed by atoms with E-state index < -0.39 is 0 Å². The Hall–Kier alpha value is -1.13. The first-order chi connectivity index (χ1) is 8.65. The monoisotopic (exact) mass is 323 g/mol. The molecular formula is C14H14BrNOS. The molecule has 0 saturated heterocycles. The van der Waals surface area contributed by atoms with E-state index in [2.05, 4.69) is 27.4 Å². The van der Waals surface area contributed by atoms with Gasteiger partial charge in [0.1, 0.15) is 0 Å². The topological polar surface area (TPSA) is 20.3 Å². The summed E-state index contributed by atoms with van der Waals surface area (Å²) in [7, 11) is 1.84. The lowest BCUT2D eigenvalue weighted by molar-refractivity contribution is -0.129. The van der Waals surface area contributed by atoms with Crippen LogP contribution in [0.2, 0.25) is 0 Å². The van der Waals surface area contributed by atoms with Crippen molar-refractivity contribution < 1.29 is 4.79 Å². The Bertz CT molecular complexity index is 524. The first-order valence-corrected chi connectivity index (χ1v) is 7.33. The number of amides is 1. The van der Waals surface area contributed by atoms with Gasteiger partial charge in [0.2, 0.25) is 5.91 Å². The zero-order valence-corrected chi connectivity index (χ0v) is 12.5. The van der Waals surface area contributed by atoms with Crippen molar-refractivity contribution in [3.05, 3.63) is 56.7 Å². The summed E-state index contributed by atoms with van der Waals surface area (Å²) in [5, 5.41) is 2.07. The SMILES string of the molecule is CN(Cc1csc(Br)c1)C(=O)Cc1ccccc1. The molecule has 0 aliphatic heterocycles. The molecule has 1 aromatic heterocycles. The summed E-state index contributed by atoms with van der Waals surface area (Å²) in [5.41, 5.74) is 2.22. The maximum absolute atomic E-state index is 12.0. The molecule has 0 aliphatic rings. The Balaban J connectivity index is 1.93. The highest BCUT2D eigenvalue weighted by atomic mass is 79.9. The molecule has 0 N–H and O–H groups in total. The number of thiophene rings is 1. The van der Waals surface area contributed by atoms with Crippen LogP contribution in [0.25, 0.3) is 0 Å². The van der Waals surface area contributed by atoms with Gasteiger partial charge in [0, 0.05) is 13.6 Å². The molecule has 0 fully saturated rings. The number of hydrogen-bond acceptors (Lipinski definition) is 2. The van der Waals surface area contributed by atoms with Crippen LogP contribution in [0.5, 0.6) is 0 Å². The van der Waals surface area contributed by atoms with E-state index in [-0.39, 0.29) is 5.91 Å². The van der Waals surface area contributed by atoms with Gasteiger partial charge in [0.05, 0.1) is 10.2 Å². The second kappa shape index (κ2) is 6.16. The van der Waals surface area contributed by atoms with Crippen molar-refractivity contribution >= 4 is 33.2 Å². The van der Waals surface area contributed by atoms with Crippen LogP contribution >= 0.6 is 27.3 Å². The highest BCUT2D eigenvalue weighted by Crippen LogP contribution is 2.21. The molecule has 4 heteroatoms. The van der Waals surface area contributed by atoms with Crippen LogP contribution < -0.4 is 0 Å². The fourth-order valence-electron chi connectivity index (χ4n) is 1.70. The third-order valence-electron chi connectivity index (χ3n) is 2.67. The molecule has 2 nitrogen and oxygen atoms in total. The quantitative estimate of drug-likeness (QED) is 0.839. The standard InChI is InChI=1S/C14H14BrNOS/c1-16(9-12-7-13(15)18-10-12)14(17)8-11-5-3-2-4-6-11/h2-7,10H,8-9H2,1H3. The number of rotatable bonds is 4. The third-order valence-corrected chi connectivity index (χ3v) is 4.22. The Morgan fingerprint density at radius 2 is 2.00 bits per heavy atom. The summed E-state index contributed by atoms with van der Waals surface area (Å²) in [5.74, 6) is 0.142. The van der Waals surface area contributed by atoms with E-state index in [1.54, 1.807) is 16.2 Å². The number of halogens is 1. The van der Waals surface area contributed by atoms with Gasteiger partial charge in [-0.25, -0.2) is 0 Å². The maximum atomic E-state index is 12.0. The van der Waals surface area contributed by atoms with Crippen LogP contribution in [0.3, 0.4) is 0 Å². The van der Waals surface area contributed by atoms with Crippen molar-refractivity contribution in [3.63, 3.8) is 0 Å². The number of nitrogens with zero attached hydrogens (tertiary/aromatic N) is 1. The van der Waals surface area contributed by atoms with Crippen molar-refractivity contribution in [2.45, 2.75) is 13.0 Å². The van der Waals surface area contributed by atoms with E-state index >= 15 is 0 Å². The molecule has 0 spiro atoms. The first kappa shape index (κ1) is 13.3. The van der Waals surface area contributed by atoms with E-state index in [1.165, 1.54) is 0 Å². The van der Waals surface area contributed by atoms with Crippen molar-refractivity contribution in [2.24, 2.45) is 0 Å². The van der Waals surface area contributed by atoms with Gasteiger partial charge >= 0.3 is 0 Å². The van der Waals surface area contributed by atoms with Crippen LogP contribution in [-0.4, -0.2) is 17.9 Å². The van der Waals surface area contributed by atoms with Crippen molar-refractivity contribution in [1.82, 2.24) is 4.90 Å². The Labute approximate surface area is 119 Å². The average Bonchev–Trinajstić information content (AvgIpc) is 2.76. The van der Waals surface area contributed by atoms with Crippen LogP contribution in [0.4, 0.5) is 0 Å². The summed E-state index contributed by atoms with van der Waals surface area (Å²) in [6.07, 6.45) is 0.461. The van der Waals surface area contributed by atoms with E-state index in [4.69, 9.17) is 0 Å². The zero-order valence-electron chi connectivity index (χ0n) is 10.1. The fourth-order valence-corrected chi connectivity index (χ4v) is 2.90. The molecule has 0 unspecified atom stereocenters. The smallest absolute Gasteiger partial charge is 0.227 e. The lowest BCUT2D eigenvalue weighted by atomic mass is 10.1. The summed E-state index contributed by atoms with van der Waals surface area (Å²) < 4.78 is 1.10. The average molecular weight is 324 g/mol. The van der Waals surface area contributed by atoms with Gasteiger partial charge in [-0.1, -0.05) is 30.3 Å². The Morgan fingerprint density at radius 3 is 2.61 bits per heavy atom. The molecular weight excluding hydrogens is 310 g/mol. The molecule has 1 amide bonds. The van der Waals surface area contributed by atoms with Gasteiger partial charge in [0.25, 0.3) is 0 Å². The van der Waals surface area contributed by atoms with E-state index in [1.807, 2.05) is 37.4 Å². The van der Waals surface area contributed by atoms with Gasteiger partial charge < -0.3 is 4.90 Å². The van der Waals surface area contributed by atoms with E-state index in [0.29, 0.717) is 13.0 Å². The second-order valence-electron chi connectivity index (χ2n) is 4.17. The van der Waals surface area contributed by atoms with Gasteiger partial charge in [-0.3, -0.25) is 4.79 Å². The molecule has 0 bridgehead atoms. The summed E-state index contributed by atoms with van der Waals surface area (Å²) in [6, 6.07) is 11.9. The van der Waals surface area contributed by atoms with Gasteiger partial charge in [-0.15, -0.1) is 11.3 Å². The molecule has 2 rings (SSSR count). The molecule has 1 heterocycles. The molecule has 0 atom stereocenters. The predicted molar refractivity (Wildman–Crippen MR) is 78.6 cm³/mol. The lowest BCUT2D eigenvalue weighted by Crippen LogP contribution is -2.27. The van der Waals surface area contributed by atoms with Crippen molar-refractivity contribution in [2.75, 3.05) is 7.05 Å². The van der Waals surface area contributed by atoms with Crippen LogP contribution in [0.15, 0.2) is 45.6 Å². The predicted octanol–water partition coefficient (Wildman–Crippen LogP) is 3.71. The first-order valence-electron chi connectivity index (χ1n) is 5.66. The van der Waals surface area contributed by atoms with Crippen LogP contribution in [-0.2, 0) is 17.8 Å². The van der Waals surface area contributed by atoms with E-state index in [9.17, 15) is 4.79 Å². The van der Waals surface area contributed by atoms with Crippen molar-refractivity contribution in [3.8, 4) is 0 Å². The number of hydrogen-bond donors (Lipinski definition) is 0. The lowest BCUT2D eigenvalue weighted by Gasteiger charge is -2.16. The summed E-state index contributed by atoms with van der Waals surface area (Å²) >= 11 is 5.07. The molecule has 0 aliphatic carbocycles. The van der Waals surface area contributed by atoms with Gasteiger partial charge in [-0.05, 0) is 38.5 Å². The summed E-state index contributed by atoms with van der Waals surface area (Å²) in [6.45, 7) is 0.660. The van der Waals surface area contributed by atoms with Crippen LogP contribution in [0, 0.1) is 0 Å². The maximum Gasteiger partial charge on any atom is 0.227 e. The molecule has 0 saturated carbocycles. The highest BCUT2D eigenvalue weighted by molar-refractivity contribution is 9.11. The zero-order chi connectivity index (χ0) is 13.0. The molecule has 94 valence electrons. The molecule has 0 radical (unpaired) electrons. The minimum absolute atomic E-state index is 0.142. The largest absolute Gasteiger partial charge is 0.341 e. The summed E-state index contributed by atoms with van der Waals surface area (Å²) in [4.78, 5) is 13.8. The van der Waals surface area contributed by atoms with Gasteiger partial charge in [0.15, 0.2) is 0 Å². The molecule has 1 aromatic carbocycles. The van der Waals surface area contributed by atoms with E-state index in [0.717, 1.165) is 14.9 Å². The fraction of sp³-hybridized carbons (Fsp3) is 0.214. The Kier molecular flexibility index (Phi) is 4.55. The normalized spacial score (nSPS) is 10.3. The van der Waals surface area contributed by atoms with Gasteiger partial charge in [-0.2, -0.15) is 0 Å². The minimum atomic E-state index is 0.142.